The van der Waals surface area contributed by atoms with E-state index in [1.54, 1.807) is 28.3 Å². The van der Waals surface area contributed by atoms with E-state index in [0.717, 1.165) is 0 Å². The van der Waals surface area contributed by atoms with Crippen LogP contribution >= 0.6 is 0 Å². The summed E-state index contributed by atoms with van der Waals surface area (Å²) in [6.45, 7) is 3.31. The van der Waals surface area contributed by atoms with Gasteiger partial charge in [-0.25, -0.2) is 4.79 Å². The molecule has 1 aromatic carbocycles. The smallest absolute Gasteiger partial charge is 0.343 e. The summed E-state index contributed by atoms with van der Waals surface area (Å²) in [6, 6.07) is 3.00. The van der Waals surface area contributed by atoms with Crippen molar-refractivity contribution in [3.05, 3.63) is 23.3 Å². The number of carbonyl (C=O) groups excluding carboxylic acids is 2. The van der Waals surface area contributed by atoms with E-state index in [1.807, 2.05) is 0 Å². The minimum Gasteiger partial charge on any atom is -0.467 e. The van der Waals surface area contributed by atoms with Crippen LogP contribution < -0.4 is 19.9 Å². The first-order valence-corrected chi connectivity index (χ1v) is 11.4. The average Bonchev–Trinajstić information content (AvgIpc) is 2.88. The van der Waals surface area contributed by atoms with Gasteiger partial charge in [-0.1, -0.05) is 0 Å². The number of rotatable bonds is 22. The number of benzene rings is 1. The molecule has 2 N–H and O–H groups in total. The van der Waals surface area contributed by atoms with Crippen LogP contribution in [-0.2, 0) is 42.7 Å². The predicted octanol–water partition coefficient (Wildman–Crippen LogP) is 1.12. The zero-order valence-electron chi connectivity index (χ0n) is 21.8. The lowest BCUT2D eigenvalue weighted by atomic mass is 10.1. The normalized spacial score (nSPS) is 11.3. The summed E-state index contributed by atoms with van der Waals surface area (Å²) >= 11 is 0. The van der Waals surface area contributed by atoms with Crippen molar-refractivity contribution in [3.8, 4) is 17.2 Å². The van der Waals surface area contributed by atoms with Crippen LogP contribution in [0, 0.1) is 0 Å². The Bertz CT molecular complexity index is 830. The van der Waals surface area contributed by atoms with Crippen molar-refractivity contribution < 1.29 is 57.0 Å². The molecule has 0 aliphatic heterocycles. The average molecular weight is 532 g/mol. The highest BCUT2D eigenvalue weighted by Crippen LogP contribution is 2.36. The molecule has 0 aromatic heterocycles. The molecular weight excluding hydrogens is 494 g/mol. The first kappa shape index (κ1) is 32.1. The zero-order chi connectivity index (χ0) is 27.3. The van der Waals surface area contributed by atoms with Crippen LogP contribution in [0.5, 0.6) is 17.2 Å². The third-order valence-corrected chi connectivity index (χ3v) is 4.33. The summed E-state index contributed by atoms with van der Waals surface area (Å²) in [7, 11) is 4.65. The third kappa shape index (κ3) is 13.3. The first-order chi connectivity index (χ1) is 18.0. The topological polar surface area (TPSA) is 152 Å². The van der Waals surface area contributed by atoms with Crippen molar-refractivity contribution in [2.24, 2.45) is 5.73 Å². The highest BCUT2D eigenvalue weighted by molar-refractivity contribution is 6.19. The number of nitrogens with two attached hydrogens (primary N) is 1. The molecule has 0 radical (unpaired) electrons. The van der Waals surface area contributed by atoms with Gasteiger partial charge in [-0.3, -0.25) is 4.79 Å². The maximum Gasteiger partial charge on any atom is 0.343 e. The van der Waals surface area contributed by atoms with Crippen molar-refractivity contribution in [2.75, 3.05) is 88.0 Å². The second-order valence-electron chi connectivity index (χ2n) is 6.97. The Hall–Kier alpha value is -2.94. The number of methoxy groups -OCH3 is 3. The second kappa shape index (κ2) is 20.2. The lowest BCUT2D eigenvalue weighted by Crippen LogP contribution is -2.22. The largest absolute Gasteiger partial charge is 0.467 e. The van der Waals surface area contributed by atoms with Gasteiger partial charge in [-0.05, 0) is 19.1 Å². The van der Waals surface area contributed by atoms with Crippen LogP contribution in [-0.4, -0.2) is 99.8 Å². The van der Waals surface area contributed by atoms with E-state index >= 15 is 0 Å². The van der Waals surface area contributed by atoms with E-state index in [1.165, 1.54) is 18.2 Å². The van der Waals surface area contributed by atoms with Gasteiger partial charge in [-0.2, -0.15) is 0 Å². The first-order valence-electron chi connectivity index (χ1n) is 11.4. The molecule has 37 heavy (non-hydrogen) atoms. The highest BCUT2D eigenvalue weighted by Gasteiger charge is 2.20. The fourth-order valence-electron chi connectivity index (χ4n) is 2.53. The molecule has 0 heterocycles. The fourth-order valence-corrected chi connectivity index (χ4v) is 2.53. The van der Waals surface area contributed by atoms with Crippen LogP contribution in [0.25, 0.3) is 6.08 Å². The molecule has 0 aliphatic rings. The standard InChI is InChI=1S/C24H37NO12/c1-5-34-24(27)19(23(25)26)12-18-13-21(36-16-32-10-7-29-3)22(37-17-33-11-8-30-4)14-20(18)35-15-31-9-6-28-2/h12-14H,5-11,15-17H2,1-4H3,(H2,25,26). The van der Waals surface area contributed by atoms with Crippen LogP contribution in [0.1, 0.15) is 12.5 Å². The quantitative estimate of drug-likeness (QED) is 0.0570. The Morgan fingerprint density at radius 1 is 0.730 bits per heavy atom. The molecule has 0 aliphatic carbocycles. The number of ether oxygens (including phenoxy) is 10. The molecule has 0 saturated heterocycles. The molecule has 13 heteroatoms. The van der Waals surface area contributed by atoms with Crippen molar-refractivity contribution >= 4 is 18.0 Å². The van der Waals surface area contributed by atoms with Crippen molar-refractivity contribution in [3.63, 3.8) is 0 Å². The van der Waals surface area contributed by atoms with Crippen LogP contribution in [0.4, 0.5) is 0 Å². The second-order valence-corrected chi connectivity index (χ2v) is 6.97. The highest BCUT2D eigenvalue weighted by atomic mass is 16.7. The Balaban J connectivity index is 3.31. The van der Waals surface area contributed by atoms with Crippen LogP contribution in [0.2, 0.25) is 0 Å². The van der Waals surface area contributed by atoms with Crippen LogP contribution in [0.3, 0.4) is 0 Å². The molecule has 0 unspecified atom stereocenters. The summed E-state index contributed by atoms with van der Waals surface area (Å²) in [4.78, 5) is 24.3. The lowest BCUT2D eigenvalue weighted by molar-refractivity contribution is -0.139. The van der Waals surface area contributed by atoms with Gasteiger partial charge in [0.1, 0.15) is 11.3 Å². The van der Waals surface area contributed by atoms with Crippen molar-refractivity contribution in [1.29, 1.82) is 0 Å². The van der Waals surface area contributed by atoms with Crippen LogP contribution in [0.15, 0.2) is 17.7 Å². The summed E-state index contributed by atoms with van der Waals surface area (Å²) in [5.41, 5.74) is 5.31. The summed E-state index contributed by atoms with van der Waals surface area (Å²) in [5, 5.41) is 0. The Morgan fingerprint density at radius 2 is 1.19 bits per heavy atom. The third-order valence-electron chi connectivity index (χ3n) is 4.33. The maximum atomic E-state index is 12.3. The van der Waals surface area contributed by atoms with E-state index in [9.17, 15) is 9.59 Å². The van der Waals surface area contributed by atoms with E-state index in [4.69, 9.17) is 53.1 Å². The number of hydrogen-bond acceptors (Lipinski definition) is 12. The predicted molar refractivity (Wildman–Crippen MR) is 130 cm³/mol. The molecule has 1 amide bonds. The molecular formula is C24H37NO12. The van der Waals surface area contributed by atoms with Gasteiger partial charge in [0, 0.05) is 33.0 Å². The Morgan fingerprint density at radius 3 is 1.62 bits per heavy atom. The molecule has 13 nitrogen and oxygen atoms in total. The summed E-state index contributed by atoms with van der Waals surface area (Å²) in [6.07, 6.45) is 1.24. The number of amides is 1. The zero-order valence-corrected chi connectivity index (χ0v) is 21.8. The number of carbonyl (C=O) groups is 2. The van der Waals surface area contributed by atoms with Gasteiger partial charge >= 0.3 is 5.97 Å². The molecule has 0 fully saturated rings. The molecule has 0 atom stereocenters. The molecule has 1 aromatic rings. The number of esters is 1. The van der Waals surface area contributed by atoms with E-state index in [0.29, 0.717) is 33.0 Å². The SMILES string of the molecule is CCOC(=O)C(=Cc1cc(OCOCCOC)c(OCOCCOC)cc1OCOCCOC)C(N)=O. The minimum atomic E-state index is -0.974. The Labute approximate surface area is 216 Å². The van der Waals surface area contributed by atoms with Crippen molar-refractivity contribution in [2.45, 2.75) is 6.92 Å². The molecule has 210 valence electrons. The maximum absolute atomic E-state index is 12.3. The summed E-state index contributed by atoms with van der Waals surface area (Å²) < 4.78 is 53.1. The molecule has 0 spiro atoms. The van der Waals surface area contributed by atoms with Gasteiger partial charge in [0.25, 0.3) is 5.91 Å². The van der Waals surface area contributed by atoms with Gasteiger partial charge in [0.05, 0.1) is 46.2 Å². The summed E-state index contributed by atoms with van der Waals surface area (Å²) in [5.74, 6) is -1.18. The molecule has 0 bridgehead atoms. The minimum absolute atomic E-state index is 0.0587. The molecule has 1 rings (SSSR count). The Kier molecular flexibility index (Phi) is 17.5. The monoisotopic (exact) mass is 531 g/mol. The molecule has 0 saturated carbocycles. The van der Waals surface area contributed by atoms with Gasteiger partial charge in [0.2, 0.25) is 0 Å². The van der Waals surface area contributed by atoms with Gasteiger partial charge < -0.3 is 53.1 Å². The van der Waals surface area contributed by atoms with Gasteiger partial charge in [-0.15, -0.1) is 0 Å². The van der Waals surface area contributed by atoms with E-state index in [-0.39, 0.29) is 62.0 Å². The van der Waals surface area contributed by atoms with E-state index in [2.05, 4.69) is 0 Å². The fraction of sp³-hybridized carbons (Fsp3) is 0.583. The number of hydrogen-bond donors (Lipinski definition) is 1. The van der Waals surface area contributed by atoms with Crippen molar-refractivity contribution in [1.82, 2.24) is 0 Å². The van der Waals surface area contributed by atoms with Gasteiger partial charge in [0.15, 0.2) is 31.9 Å². The van der Waals surface area contributed by atoms with E-state index < -0.39 is 11.9 Å². The lowest BCUT2D eigenvalue weighted by Gasteiger charge is -2.17. The number of primary amides is 1.